The largest absolute Gasteiger partial charge is 0.452 e. The lowest BCUT2D eigenvalue weighted by Gasteiger charge is -2.33. The van der Waals surface area contributed by atoms with Crippen molar-refractivity contribution in [1.29, 1.82) is 0 Å². The Kier molecular flexibility index (Phi) is 7.54. The average molecular weight is 482 g/mol. The molecule has 0 aromatic heterocycles. The molecule has 0 N–H and O–H groups in total. The lowest BCUT2D eigenvalue weighted by Crippen LogP contribution is -2.51. The van der Waals surface area contributed by atoms with E-state index in [9.17, 15) is 31.2 Å². The van der Waals surface area contributed by atoms with Crippen LogP contribution in [0.25, 0.3) is 6.08 Å². The Morgan fingerprint density at radius 1 is 0.939 bits per heavy atom. The summed E-state index contributed by atoms with van der Waals surface area (Å²) in [7, 11) is -3.64. The molecule has 0 spiro atoms. The fourth-order valence-electron chi connectivity index (χ4n) is 3.14. The Balaban J connectivity index is 1.46. The predicted molar refractivity (Wildman–Crippen MR) is 113 cm³/mol. The molecule has 2 aromatic carbocycles. The van der Waals surface area contributed by atoms with Crippen molar-refractivity contribution in [2.45, 2.75) is 11.1 Å². The predicted octanol–water partition coefficient (Wildman–Crippen LogP) is 2.79. The summed E-state index contributed by atoms with van der Waals surface area (Å²) in [5, 5.41) is 0. The molecule has 11 heteroatoms. The number of halogens is 3. The molecule has 3 rings (SSSR count). The molecule has 33 heavy (non-hydrogen) atoms. The first-order valence-corrected chi connectivity index (χ1v) is 11.4. The van der Waals surface area contributed by atoms with Crippen LogP contribution in [0, 0.1) is 0 Å². The Bertz CT molecular complexity index is 1110. The molecule has 0 aliphatic carbocycles. The normalized spacial score (nSPS) is 15.5. The highest BCUT2D eigenvalue weighted by Crippen LogP contribution is 2.29. The molecular formula is C22H21F3N2O5S. The number of carbonyl (C=O) groups is 2. The highest BCUT2D eigenvalue weighted by Gasteiger charge is 2.31. The van der Waals surface area contributed by atoms with Crippen molar-refractivity contribution < 1.29 is 35.9 Å². The molecule has 1 fully saturated rings. The zero-order valence-electron chi connectivity index (χ0n) is 17.4. The number of alkyl halides is 3. The summed E-state index contributed by atoms with van der Waals surface area (Å²) in [5.41, 5.74) is -0.438. The van der Waals surface area contributed by atoms with Crippen molar-refractivity contribution in [2.75, 3.05) is 32.8 Å². The van der Waals surface area contributed by atoms with Crippen molar-refractivity contribution >= 4 is 28.0 Å². The van der Waals surface area contributed by atoms with E-state index in [1.807, 2.05) is 0 Å². The summed E-state index contributed by atoms with van der Waals surface area (Å²) in [6.07, 6.45) is -2.15. The minimum atomic E-state index is -4.45. The number of carbonyl (C=O) groups excluding carboxylic acids is 2. The molecule has 176 valence electrons. The maximum absolute atomic E-state index is 12.6. The number of esters is 1. The van der Waals surface area contributed by atoms with E-state index in [0.29, 0.717) is 5.56 Å². The number of hydrogen-bond donors (Lipinski definition) is 0. The van der Waals surface area contributed by atoms with E-state index in [1.54, 1.807) is 18.2 Å². The smallest absolute Gasteiger partial charge is 0.416 e. The van der Waals surface area contributed by atoms with Gasteiger partial charge in [0, 0.05) is 32.3 Å². The second-order valence-corrected chi connectivity index (χ2v) is 9.10. The molecule has 1 heterocycles. The Labute approximate surface area is 189 Å². The molecule has 0 bridgehead atoms. The molecule has 0 saturated carbocycles. The first kappa shape index (κ1) is 24.5. The van der Waals surface area contributed by atoms with Gasteiger partial charge < -0.3 is 9.64 Å². The Hall–Kier alpha value is -3.18. The first-order valence-electron chi connectivity index (χ1n) is 9.92. The third-order valence-corrected chi connectivity index (χ3v) is 6.87. The van der Waals surface area contributed by atoms with Crippen molar-refractivity contribution in [3.05, 3.63) is 71.8 Å². The van der Waals surface area contributed by atoms with Gasteiger partial charge in [-0.25, -0.2) is 13.2 Å². The quantitative estimate of drug-likeness (QED) is 0.467. The van der Waals surface area contributed by atoms with Crippen LogP contribution in [0.2, 0.25) is 0 Å². The third-order valence-electron chi connectivity index (χ3n) is 4.96. The van der Waals surface area contributed by atoms with Crippen molar-refractivity contribution in [1.82, 2.24) is 9.21 Å². The van der Waals surface area contributed by atoms with Gasteiger partial charge in [0.05, 0.1) is 10.5 Å². The van der Waals surface area contributed by atoms with E-state index in [1.165, 1.54) is 39.5 Å². The van der Waals surface area contributed by atoms with Gasteiger partial charge in [0.2, 0.25) is 10.0 Å². The van der Waals surface area contributed by atoms with E-state index < -0.39 is 40.2 Å². The molecule has 0 unspecified atom stereocenters. The number of amides is 1. The van der Waals surface area contributed by atoms with E-state index >= 15 is 0 Å². The second kappa shape index (κ2) is 10.2. The summed E-state index contributed by atoms with van der Waals surface area (Å²) in [6, 6.07) is 12.2. The first-order chi connectivity index (χ1) is 15.6. The van der Waals surface area contributed by atoms with Gasteiger partial charge in [-0.1, -0.05) is 30.3 Å². The SMILES string of the molecule is O=C(/C=C/c1ccc(C(F)(F)F)cc1)OCC(=O)N1CCN(S(=O)(=O)c2ccccc2)CC1. The summed E-state index contributed by atoms with van der Waals surface area (Å²) in [6.45, 7) is 0.0186. The Morgan fingerprint density at radius 2 is 1.55 bits per heavy atom. The lowest BCUT2D eigenvalue weighted by atomic mass is 10.1. The number of rotatable bonds is 6. The topological polar surface area (TPSA) is 84.0 Å². The van der Waals surface area contributed by atoms with Crippen LogP contribution in [0.3, 0.4) is 0 Å². The molecule has 0 radical (unpaired) electrons. The van der Waals surface area contributed by atoms with Gasteiger partial charge in [-0.2, -0.15) is 17.5 Å². The summed E-state index contributed by atoms with van der Waals surface area (Å²) in [5.74, 6) is -1.29. The lowest BCUT2D eigenvalue weighted by molar-refractivity contribution is -0.148. The van der Waals surface area contributed by atoms with Crippen LogP contribution in [0.5, 0.6) is 0 Å². The summed E-state index contributed by atoms with van der Waals surface area (Å²) in [4.78, 5) is 25.7. The van der Waals surface area contributed by atoms with Crippen molar-refractivity contribution in [2.24, 2.45) is 0 Å². The van der Waals surface area contributed by atoms with Crippen molar-refractivity contribution in [3.8, 4) is 0 Å². The van der Waals surface area contributed by atoms with Gasteiger partial charge in [-0.05, 0) is 35.9 Å². The standard InChI is InChI=1S/C22H21F3N2O5S/c23-22(24,25)18-9-6-17(7-10-18)8-11-21(29)32-16-20(28)26-12-14-27(15-13-26)33(30,31)19-4-2-1-3-5-19/h1-11H,12-16H2/b11-8+. The van der Waals surface area contributed by atoms with E-state index in [0.717, 1.165) is 18.2 Å². The number of hydrogen-bond acceptors (Lipinski definition) is 5. The highest BCUT2D eigenvalue weighted by atomic mass is 32.2. The molecule has 1 aliphatic rings. The van der Waals surface area contributed by atoms with Crippen LogP contribution < -0.4 is 0 Å². The number of ether oxygens (including phenoxy) is 1. The van der Waals surface area contributed by atoms with Crippen LogP contribution in [-0.2, 0) is 30.5 Å². The molecular weight excluding hydrogens is 461 g/mol. The monoisotopic (exact) mass is 482 g/mol. The molecule has 1 saturated heterocycles. The van der Waals surface area contributed by atoms with Gasteiger partial charge in [-0.15, -0.1) is 0 Å². The number of piperazine rings is 1. The van der Waals surface area contributed by atoms with E-state index in [2.05, 4.69) is 0 Å². The van der Waals surface area contributed by atoms with Crippen LogP contribution >= 0.6 is 0 Å². The molecule has 1 aliphatic heterocycles. The minimum Gasteiger partial charge on any atom is -0.452 e. The minimum absolute atomic E-state index is 0.116. The molecule has 7 nitrogen and oxygen atoms in total. The average Bonchev–Trinajstić information content (AvgIpc) is 2.81. The molecule has 2 aromatic rings. The third kappa shape index (κ3) is 6.42. The number of benzene rings is 2. The molecule has 1 amide bonds. The van der Waals surface area contributed by atoms with Crippen LogP contribution in [-0.4, -0.2) is 62.3 Å². The van der Waals surface area contributed by atoms with Crippen LogP contribution in [0.1, 0.15) is 11.1 Å². The van der Waals surface area contributed by atoms with E-state index in [4.69, 9.17) is 4.74 Å². The summed E-state index contributed by atoms with van der Waals surface area (Å²) < 4.78 is 69.1. The fourth-order valence-corrected chi connectivity index (χ4v) is 4.58. The second-order valence-electron chi connectivity index (χ2n) is 7.16. The van der Waals surface area contributed by atoms with Gasteiger partial charge in [0.1, 0.15) is 0 Å². The van der Waals surface area contributed by atoms with Gasteiger partial charge in [0.25, 0.3) is 5.91 Å². The van der Waals surface area contributed by atoms with E-state index in [-0.39, 0.29) is 31.1 Å². The van der Waals surface area contributed by atoms with Crippen LogP contribution in [0.15, 0.2) is 65.6 Å². The van der Waals surface area contributed by atoms with Crippen LogP contribution in [0.4, 0.5) is 13.2 Å². The highest BCUT2D eigenvalue weighted by molar-refractivity contribution is 7.89. The number of sulfonamides is 1. The zero-order valence-corrected chi connectivity index (χ0v) is 18.2. The van der Waals surface area contributed by atoms with Gasteiger partial charge in [-0.3, -0.25) is 4.79 Å². The summed E-state index contributed by atoms with van der Waals surface area (Å²) >= 11 is 0. The zero-order chi connectivity index (χ0) is 24.1. The molecule has 0 atom stereocenters. The van der Waals surface area contributed by atoms with Gasteiger partial charge >= 0.3 is 12.1 Å². The van der Waals surface area contributed by atoms with Crippen molar-refractivity contribution in [3.63, 3.8) is 0 Å². The fraction of sp³-hybridized carbons (Fsp3) is 0.273. The van der Waals surface area contributed by atoms with Gasteiger partial charge in [0.15, 0.2) is 6.61 Å². The maximum atomic E-state index is 12.6. The Morgan fingerprint density at radius 3 is 2.12 bits per heavy atom. The number of nitrogens with zero attached hydrogens (tertiary/aromatic N) is 2. The maximum Gasteiger partial charge on any atom is 0.416 e.